The Labute approximate surface area is 76.3 Å². The number of rotatable bonds is 2. The number of alkyl halides is 1. The van der Waals surface area contributed by atoms with Crippen molar-refractivity contribution in [2.45, 2.75) is 18.5 Å². The predicted molar refractivity (Wildman–Crippen MR) is 44.5 cm³/mol. The van der Waals surface area contributed by atoms with E-state index in [1.54, 1.807) is 0 Å². The number of methoxy groups -OCH3 is 1. The van der Waals surface area contributed by atoms with Gasteiger partial charge in [0.15, 0.2) is 0 Å². The molecule has 1 aliphatic heterocycles. The Morgan fingerprint density at radius 1 is 1.62 bits per heavy atom. The van der Waals surface area contributed by atoms with Crippen LogP contribution < -0.4 is 0 Å². The molecule has 13 heavy (non-hydrogen) atoms. The van der Waals surface area contributed by atoms with Crippen LogP contribution in [0.3, 0.4) is 0 Å². The highest BCUT2D eigenvalue weighted by Crippen LogP contribution is 2.26. The number of carboxylic acid groups (broad SMARTS) is 1. The molecule has 0 saturated carbocycles. The Morgan fingerprint density at radius 2 is 2.15 bits per heavy atom. The van der Waals surface area contributed by atoms with Gasteiger partial charge in [-0.2, -0.15) is 0 Å². The molecule has 5 heteroatoms. The highest BCUT2D eigenvalue weighted by atomic mass is 19.1. The Hall–Kier alpha value is -0.840. The van der Waals surface area contributed by atoms with Gasteiger partial charge >= 0.3 is 6.09 Å². The van der Waals surface area contributed by atoms with E-state index in [2.05, 4.69) is 0 Å². The van der Waals surface area contributed by atoms with Crippen molar-refractivity contribution in [3.8, 4) is 0 Å². The summed E-state index contributed by atoms with van der Waals surface area (Å²) >= 11 is 0. The Bertz CT molecular complexity index is 190. The summed E-state index contributed by atoms with van der Waals surface area (Å²) in [5.74, 6) is 0. The summed E-state index contributed by atoms with van der Waals surface area (Å²) in [7, 11) is 1.45. The predicted octanol–water partition coefficient (Wildman–Crippen LogP) is 1.11. The zero-order valence-corrected chi connectivity index (χ0v) is 7.62. The summed E-state index contributed by atoms with van der Waals surface area (Å²) < 4.78 is 18.4. The van der Waals surface area contributed by atoms with Crippen molar-refractivity contribution in [2.24, 2.45) is 0 Å². The lowest BCUT2D eigenvalue weighted by Gasteiger charge is -2.34. The number of nitrogens with zero attached hydrogens (tertiary/aromatic N) is 1. The van der Waals surface area contributed by atoms with E-state index in [4.69, 9.17) is 9.84 Å². The van der Waals surface area contributed by atoms with Crippen LogP contribution in [0.15, 0.2) is 0 Å². The van der Waals surface area contributed by atoms with Gasteiger partial charge in [0, 0.05) is 33.0 Å². The van der Waals surface area contributed by atoms with E-state index in [-0.39, 0.29) is 32.5 Å². The molecule has 1 aliphatic rings. The number of ether oxygens (including phenoxy) is 1. The van der Waals surface area contributed by atoms with Gasteiger partial charge in [-0.1, -0.05) is 0 Å². The molecule has 0 spiro atoms. The first-order valence-corrected chi connectivity index (χ1v) is 4.23. The lowest BCUT2D eigenvalue weighted by molar-refractivity contribution is -0.00515. The normalized spacial score (nSPS) is 21.5. The standard InChI is InChI=1S/C8H14FNO3/c1-13-6-8(9)2-4-10(5-3-8)7(11)12/h2-6H2,1H3,(H,11,12). The van der Waals surface area contributed by atoms with Crippen molar-refractivity contribution in [3.63, 3.8) is 0 Å². The van der Waals surface area contributed by atoms with E-state index in [0.717, 1.165) is 0 Å². The van der Waals surface area contributed by atoms with Crippen LogP contribution in [0.4, 0.5) is 9.18 Å². The molecule has 76 valence electrons. The van der Waals surface area contributed by atoms with Crippen molar-refractivity contribution in [2.75, 3.05) is 26.8 Å². The molecule has 1 saturated heterocycles. The summed E-state index contributed by atoms with van der Waals surface area (Å²) in [6.45, 7) is 0.574. The minimum Gasteiger partial charge on any atom is -0.465 e. The van der Waals surface area contributed by atoms with Crippen molar-refractivity contribution >= 4 is 6.09 Å². The fraction of sp³-hybridized carbons (Fsp3) is 0.875. The molecule has 0 bridgehead atoms. The number of halogens is 1. The second-order valence-corrected chi connectivity index (χ2v) is 3.35. The summed E-state index contributed by atoms with van der Waals surface area (Å²) in [6, 6.07) is 0. The average molecular weight is 191 g/mol. The molecule has 0 aromatic rings. The van der Waals surface area contributed by atoms with E-state index in [1.807, 2.05) is 0 Å². The van der Waals surface area contributed by atoms with Gasteiger partial charge in [0.05, 0.1) is 6.61 Å². The topological polar surface area (TPSA) is 49.8 Å². The minimum absolute atomic E-state index is 0.0560. The zero-order valence-electron chi connectivity index (χ0n) is 7.62. The lowest BCUT2D eigenvalue weighted by Crippen LogP contribution is -2.46. The van der Waals surface area contributed by atoms with Crippen LogP contribution in [0.2, 0.25) is 0 Å². The number of hydrogen-bond acceptors (Lipinski definition) is 2. The molecule has 0 aliphatic carbocycles. The summed E-state index contributed by atoms with van der Waals surface area (Å²) in [4.78, 5) is 11.7. The monoisotopic (exact) mass is 191 g/mol. The van der Waals surface area contributed by atoms with Gasteiger partial charge < -0.3 is 14.7 Å². The Balaban J connectivity index is 2.41. The Morgan fingerprint density at radius 3 is 2.54 bits per heavy atom. The van der Waals surface area contributed by atoms with E-state index in [1.165, 1.54) is 12.0 Å². The third-order valence-corrected chi connectivity index (χ3v) is 2.33. The highest BCUT2D eigenvalue weighted by molar-refractivity contribution is 5.65. The van der Waals surface area contributed by atoms with Gasteiger partial charge in [0.25, 0.3) is 0 Å². The van der Waals surface area contributed by atoms with Crippen LogP contribution in [-0.4, -0.2) is 48.6 Å². The third-order valence-electron chi connectivity index (χ3n) is 2.33. The number of hydrogen-bond donors (Lipinski definition) is 1. The van der Waals surface area contributed by atoms with Gasteiger partial charge in [-0.05, 0) is 0 Å². The maximum absolute atomic E-state index is 13.7. The van der Waals surface area contributed by atoms with Crippen LogP contribution in [0.5, 0.6) is 0 Å². The van der Waals surface area contributed by atoms with E-state index in [9.17, 15) is 9.18 Å². The van der Waals surface area contributed by atoms with Crippen LogP contribution in [-0.2, 0) is 4.74 Å². The smallest absolute Gasteiger partial charge is 0.407 e. The maximum atomic E-state index is 13.7. The first-order valence-electron chi connectivity index (χ1n) is 4.23. The molecule has 0 unspecified atom stereocenters. The number of piperidine rings is 1. The fourth-order valence-corrected chi connectivity index (χ4v) is 1.50. The van der Waals surface area contributed by atoms with Gasteiger partial charge in [0.1, 0.15) is 5.67 Å². The molecule has 0 aromatic carbocycles. The molecule has 1 N–H and O–H groups in total. The van der Waals surface area contributed by atoms with Crippen molar-refractivity contribution < 1.29 is 19.0 Å². The van der Waals surface area contributed by atoms with Crippen LogP contribution in [0.25, 0.3) is 0 Å². The highest BCUT2D eigenvalue weighted by Gasteiger charge is 2.35. The van der Waals surface area contributed by atoms with Crippen molar-refractivity contribution in [3.05, 3.63) is 0 Å². The largest absolute Gasteiger partial charge is 0.465 e. The first kappa shape index (κ1) is 10.2. The van der Waals surface area contributed by atoms with Crippen molar-refractivity contribution in [1.29, 1.82) is 0 Å². The average Bonchev–Trinajstić information content (AvgIpc) is 2.05. The van der Waals surface area contributed by atoms with E-state index < -0.39 is 11.8 Å². The van der Waals surface area contributed by atoms with E-state index >= 15 is 0 Å². The first-order chi connectivity index (χ1) is 6.07. The van der Waals surface area contributed by atoms with Gasteiger partial charge in [0.2, 0.25) is 0 Å². The SMILES string of the molecule is COCC1(F)CCN(C(=O)O)CC1. The molecule has 1 amide bonds. The molecule has 1 heterocycles. The van der Waals surface area contributed by atoms with E-state index in [0.29, 0.717) is 0 Å². The van der Waals surface area contributed by atoms with Gasteiger partial charge in [-0.3, -0.25) is 0 Å². The quantitative estimate of drug-likeness (QED) is 0.711. The van der Waals surface area contributed by atoms with Crippen molar-refractivity contribution in [1.82, 2.24) is 4.90 Å². The molecule has 1 fully saturated rings. The fourth-order valence-electron chi connectivity index (χ4n) is 1.50. The van der Waals surface area contributed by atoms with Crippen LogP contribution in [0, 0.1) is 0 Å². The second kappa shape index (κ2) is 3.91. The number of carbonyl (C=O) groups is 1. The minimum atomic E-state index is -1.33. The molecular weight excluding hydrogens is 177 g/mol. The van der Waals surface area contributed by atoms with Gasteiger partial charge in [-0.25, -0.2) is 9.18 Å². The Kier molecular flexibility index (Phi) is 3.08. The molecule has 1 rings (SSSR count). The third kappa shape index (κ3) is 2.55. The summed E-state index contributed by atoms with van der Waals surface area (Å²) in [5, 5.41) is 8.61. The molecule has 0 aromatic heterocycles. The summed E-state index contributed by atoms with van der Waals surface area (Å²) in [5.41, 5.74) is -1.33. The molecule has 4 nitrogen and oxygen atoms in total. The zero-order chi connectivity index (χ0) is 9.90. The van der Waals surface area contributed by atoms with Crippen LogP contribution in [0.1, 0.15) is 12.8 Å². The molecule has 0 atom stereocenters. The van der Waals surface area contributed by atoms with Crippen LogP contribution >= 0.6 is 0 Å². The molecule has 0 radical (unpaired) electrons. The number of likely N-dealkylation sites (tertiary alicyclic amines) is 1. The lowest BCUT2D eigenvalue weighted by atomic mass is 9.94. The maximum Gasteiger partial charge on any atom is 0.407 e. The van der Waals surface area contributed by atoms with Gasteiger partial charge in [-0.15, -0.1) is 0 Å². The number of amides is 1. The summed E-state index contributed by atoms with van der Waals surface area (Å²) in [6.07, 6.45) is -0.514. The molecular formula is C8H14FNO3. The second-order valence-electron chi connectivity index (χ2n) is 3.35.